The maximum atomic E-state index is 12.1. The quantitative estimate of drug-likeness (QED) is 0.658. The Balaban J connectivity index is 1.65. The molecule has 0 aliphatic heterocycles. The molecule has 2 amide bonds. The van der Waals surface area contributed by atoms with Crippen LogP contribution in [0.3, 0.4) is 0 Å². The summed E-state index contributed by atoms with van der Waals surface area (Å²) in [6, 6.07) is 0.746. The van der Waals surface area contributed by atoms with Gasteiger partial charge >= 0.3 is 6.03 Å². The number of rotatable bonds is 6. The number of carbonyl (C=O) groups is 1. The van der Waals surface area contributed by atoms with Crippen LogP contribution >= 0.6 is 0 Å². The standard InChI is InChI=1S/C17H33N3O2/c1-20(15-8-5-6-9-15)12-11-18-17(22)19-16-10-4-2-3-7-14(16)13-21/h14-16,21H,2-13H2,1H3,(H2,18,19,22). The number of aliphatic hydroxyl groups is 1. The van der Waals surface area contributed by atoms with Crippen LogP contribution in [0.2, 0.25) is 0 Å². The van der Waals surface area contributed by atoms with E-state index in [0.717, 1.165) is 32.2 Å². The number of carbonyl (C=O) groups excluding carboxylic acids is 1. The minimum Gasteiger partial charge on any atom is -0.396 e. The molecule has 0 aromatic carbocycles. The second-order valence-electron chi connectivity index (χ2n) is 7.01. The van der Waals surface area contributed by atoms with Gasteiger partial charge in [0.15, 0.2) is 0 Å². The van der Waals surface area contributed by atoms with Crippen molar-refractivity contribution in [3.63, 3.8) is 0 Å². The van der Waals surface area contributed by atoms with Crippen LogP contribution in [0.5, 0.6) is 0 Å². The van der Waals surface area contributed by atoms with E-state index in [1.54, 1.807) is 0 Å². The Morgan fingerprint density at radius 1 is 1.09 bits per heavy atom. The molecule has 0 saturated heterocycles. The third-order valence-corrected chi connectivity index (χ3v) is 5.41. The summed E-state index contributed by atoms with van der Waals surface area (Å²) >= 11 is 0. The van der Waals surface area contributed by atoms with Gasteiger partial charge < -0.3 is 20.6 Å². The monoisotopic (exact) mass is 311 g/mol. The Morgan fingerprint density at radius 2 is 1.77 bits per heavy atom. The molecule has 3 N–H and O–H groups in total. The lowest BCUT2D eigenvalue weighted by Gasteiger charge is -2.26. The van der Waals surface area contributed by atoms with E-state index in [9.17, 15) is 9.90 Å². The zero-order valence-corrected chi connectivity index (χ0v) is 14.0. The normalized spacial score (nSPS) is 26.9. The van der Waals surface area contributed by atoms with Crippen LogP contribution in [0.25, 0.3) is 0 Å². The minimum atomic E-state index is -0.0785. The van der Waals surface area contributed by atoms with Crippen LogP contribution in [-0.2, 0) is 0 Å². The summed E-state index contributed by atoms with van der Waals surface area (Å²) < 4.78 is 0. The second kappa shape index (κ2) is 9.36. The van der Waals surface area contributed by atoms with Gasteiger partial charge in [-0.05, 0) is 32.7 Å². The number of aliphatic hydroxyl groups excluding tert-OH is 1. The van der Waals surface area contributed by atoms with Gasteiger partial charge in [0.1, 0.15) is 0 Å². The first-order valence-corrected chi connectivity index (χ1v) is 9.06. The van der Waals surface area contributed by atoms with Gasteiger partial charge in [0.05, 0.1) is 0 Å². The Kier molecular flexibility index (Phi) is 7.46. The third-order valence-electron chi connectivity index (χ3n) is 5.41. The lowest BCUT2D eigenvalue weighted by atomic mass is 9.96. The van der Waals surface area contributed by atoms with E-state index < -0.39 is 0 Å². The van der Waals surface area contributed by atoms with Gasteiger partial charge in [0, 0.05) is 37.7 Å². The van der Waals surface area contributed by atoms with Crippen LogP contribution in [0.4, 0.5) is 4.79 Å². The predicted octanol–water partition coefficient (Wildman–Crippen LogP) is 2.10. The molecule has 2 rings (SSSR count). The molecule has 2 fully saturated rings. The minimum absolute atomic E-state index is 0.0785. The fourth-order valence-corrected chi connectivity index (χ4v) is 3.89. The predicted molar refractivity (Wildman–Crippen MR) is 88.9 cm³/mol. The summed E-state index contributed by atoms with van der Waals surface area (Å²) in [5, 5.41) is 15.5. The largest absolute Gasteiger partial charge is 0.396 e. The Morgan fingerprint density at radius 3 is 2.50 bits per heavy atom. The molecule has 0 aromatic heterocycles. The average molecular weight is 311 g/mol. The van der Waals surface area contributed by atoms with Gasteiger partial charge in [-0.1, -0.05) is 32.1 Å². The first kappa shape index (κ1) is 17.5. The lowest BCUT2D eigenvalue weighted by molar-refractivity contribution is 0.178. The summed E-state index contributed by atoms with van der Waals surface area (Å²) in [5.41, 5.74) is 0. The van der Waals surface area contributed by atoms with Gasteiger partial charge in [-0.3, -0.25) is 0 Å². The summed E-state index contributed by atoms with van der Waals surface area (Å²) in [6.45, 7) is 1.77. The van der Waals surface area contributed by atoms with E-state index in [1.165, 1.54) is 32.1 Å². The van der Waals surface area contributed by atoms with Gasteiger partial charge in [-0.15, -0.1) is 0 Å². The number of urea groups is 1. The van der Waals surface area contributed by atoms with Crippen LogP contribution in [0.15, 0.2) is 0 Å². The maximum Gasteiger partial charge on any atom is 0.315 e. The Hall–Kier alpha value is -0.810. The number of amides is 2. The van der Waals surface area contributed by atoms with Crippen molar-refractivity contribution in [3.8, 4) is 0 Å². The van der Waals surface area contributed by atoms with Crippen molar-refractivity contribution in [1.29, 1.82) is 0 Å². The van der Waals surface area contributed by atoms with Gasteiger partial charge in [0.25, 0.3) is 0 Å². The molecular formula is C17H33N3O2. The van der Waals surface area contributed by atoms with E-state index >= 15 is 0 Å². The molecule has 2 atom stereocenters. The molecule has 2 saturated carbocycles. The van der Waals surface area contributed by atoms with Crippen molar-refractivity contribution in [1.82, 2.24) is 15.5 Å². The summed E-state index contributed by atoms with van der Waals surface area (Å²) in [7, 11) is 2.16. The third kappa shape index (κ3) is 5.43. The number of nitrogens with one attached hydrogen (secondary N) is 2. The molecule has 0 bridgehead atoms. The Labute approximate surface area is 134 Å². The van der Waals surface area contributed by atoms with Gasteiger partial charge in [-0.25, -0.2) is 4.79 Å². The molecule has 0 radical (unpaired) electrons. The zero-order chi connectivity index (χ0) is 15.8. The smallest absolute Gasteiger partial charge is 0.315 e. The van der Waals surface area contributed by atoms with E-state index in [1.807, 2.05) is 0 Å². The number of likely N-dealkylation sites (N-methyl/N-ethyl adjacent to an activating group) is 1. The molecule has 2 unspecified atom stereocenters. The molecule has 5 heteroatoms. The molecule has 0 aromatic rings. The van der Waals surface area contributed by atoms with E-state index in [0.29, 0.717) is 12.6 Å². The van der Waals surface area contributed by atoms with Gasteiger partial charge in [0.2, 0.25) is 0 Å². The van der Waals surface area contributed by atoms with Crippen LogP contribution in [0.1, 0.15) is 57.8 Å². The van der Waals surface area contributed by atoms with Crippen molar-refractivity contribution < 1.29 is 9.90 Å². The van der Waals surface area contributed by atoms with Crippen molar-refractivity contribution in [2.24, 2.45) is 5.92 Å². The lowest BCUT2D eigenvalue weighted by Crippen LogP contribution is -2.48. The van der Waals surface area contributed by atoms with Crippen molar-refractivity contribution in [3.05, 3.63) is 0 Å². The van der Waals surface area contributed by atoms with E-state index in [4.69, 9.17) is 0 Å². The maximum absolute atomic E-state index is 12.1. The highest BCUT2D eigenvalue weighted by Gasteiger charge is 2.24. The second-order valence-corrected chi connectivity index (χ2v) is 7.01. The van der Waals surface area contributed by atoms with Gasteiger partial charge in [-0.2, -0.15) is 0 Å². The molecule has 0 spiro atoms. The fourth-order valence-electron chi connectivity index (χ4n) is 3.89. The van der Waals surface area contributed by atoms with Crippen molar-refractivity contribution >= 4 is 6.03 Å². The van der Waals surface area contributed by atoms with E-state index in [2.05, 4.69) is 22.6 Å². The summed E-state index contributed by atoms with van der Waals surface area (Å²) in [5.74, 6) is 0.217. The molecule has 5 nitrogen and oxygen atoms in total. The highest BCUT2D eigenvalue weighted by atomic mass is 16.3. The number of nitrogens with zero attached hydrogens (tertiary/aromatic N) is 1. The van der Waals surface area contributed by atoms with Crippen molar-refractivity contribution in [2.75, 3.05) is 26.7 Å². The highest BCUT2D eigenvalue weighted by Crippen LogP contribution is 2.23. The molecule has 2 aliphatic carbocycles. The molecule has 0 heterocycles. The van der Waals surface area contributed by atoms with Crippen molar-refractivity contribution in [2.45, 2.75) is 69.9 Å². The van der Waals surface area contributed by atoms with E-state index in [-0.39, 0.29) is 24.6 Å². The van der Waals surface area contributed by atoms with Crippen LogP contribution in [0, 0.1) is 5.92 Å². The first-order valence-electron chi connectivity index (χ1n) is 9.06. The Bertz CT molecular complexity index is 332. The number of hydrogen-bond donors (Lipinski definition) is 3. The molecular weight excluding hydrogens is 278 g/mol. The number of hydrogen-bond acceptors (Lipinski definition) is 3. The molecule has 128 valence electrons. The first-order chi connectivity index (χ1) is 10.7. The SMILES string of the molecule is CN(CCNC(=O)NC1CCCCCC1CO)C1CCCC1. The zero-order valence-electron chi connectivity index (χ0n) is 14.0. The van der Waals surface area contributed by atoms with Crippen LogP contribution in [-0.4, -0.2) is 54.9 Å². The topological polar surface area (TPSA) is 64.6 Å². The summed E-state index contributed by atoms with van der Waals surface area (Å²) in [6.07, 6.45) is 10.8. The fraction of sp³-hybridized carbons (Fsp3) is 0.941. The molecule has 22 heavy (non-hydrogen) atoms. The summed E-state index contributed by atoms with van der Waals surface area (Å²) in [4.78, 5) is 14.4. The molecule has 2 aliphatic rings. The highest BCUT2D eigenvalue weighted by molar-refractivity contribution is 5.74. The average Bonchev–Trinajstić information content (AvgIpc) is 2.95. The van der Waals surface area contributed by atoms with Crippen LogP contribution < -0.4 is 10.6 Å².